The van der Waals surface area contributed by atoms with Crippen LogP contribution in [-0.2, 0) is 22.6 Å². The normalized spacial score (nSPS) is 17.3. The number of carbonyl (C=O) groups is 2. The average Bonchev–Trinajstić information content (AvgIpc) is 3.26. The van der Waals surface area contributed by atoms with Crippen LogP contribution in [0, 0.1) is 20.8 Å². The monoisotopic (exact) mass is 496 g/mol. The van der Waals surface area contributed by atoms with Gasteiger partial charge in [0.15, 0.2) is 6.10 Å². The zero-order valence-corrected chi connectivity index (χ0v) is 22.2. The molecule has 0 aromatic heterocycles. The summed E-state index contributed by atoms with van der Waals surface area (Å²) in [5.41, 5.74) is 6.73. The SMILES string of the molecule is Cc1ccc(-c2c(C)c3c(c(C)c2C(OC(C)(C)C)C(=O)O)CN(C(=O)N2CCC(F)CC2)C3)cc1. The average molecular weight is 497 g/mol. The fourth-order valence-electron chi connectivity index (χ4n) is 5.40. The summed E-state index contributed by atoms with van der Waals surface area (Å²) in [6, 6.07) is 7.98. The number of halogens is 1. The quantitative estimate of drug-likeness (QED) is 0.556. The van der Waals surface area contributed by atoms with Crippen LogP contribution in [0.25, 0.3) is 11.1 Å². The molecule has 1 saturated heterocycles. The second-order valence-corrected chi connectivity index (χ2v) is 11.1. The summed E-state index contributed by atoms with van der Waals surface area (Å²) in [5.74, 6) is -1.04. The van der Waals surface area contributed by atoms with Gasteiger partial charge in [0.1, 0.15) is 6.17 Å². The maximum atomic E-state index is 13.6. The minimum Gasteiger partial charge on any atom is -0.479 e. The van der Waals surface area contributed by atoms with Crippen molar-refractivity contribution < 1.29 is 23.8 Å². The summed E-state index contributed by atoms with van der Waals surface area (Å²) in [4.78, 5) is 29.4. The van der Waals surface area contributed by atoms with Gasteiger partial charge in [-0.2, -0.15) is 0 Å². The second-order valence-electron chi connectivity index (χ2n) is 11.1. The van der Waals surface area contributed by atoms with Crippen molar-refractivity contribution in [1.82, 2.24) is 9.80 Å². The van der Waals surface area contributed by atoms with Gasteiger partial charge in [0, 0.05) is 31.7 Å². The maximum absolute atomic E-state index is 13.6. The minimum absolute atomic E-state index is 0.0870. The Kier molecular flexibility index (Phi) is 7.15. The van der Waals surface area contributed by atoms with Gasteiger partial charge in [-0.1, -0.05) is 29.8 Å². The Balaban J connectivity index is 1.82. The molecule has 2 aromatic carbocycles. The molecule has 36 heavy (non-hydrogen) atoms. The molecule has 2 heterocycles. The third-order valence-corrected chi connectivity index (χ3v) is 7.28. The summed E-state index contributed by atoms with van der Waals surface area (Å²) in [7, 11) is 0. The molecule has 0 radical (unpaired) electrons. The van der Waals surface area contributed by atoms with E-state index in [2.05, 4.69) is 0 Å². The number of nitrogens with zero attached hydrogens (tertiary/aromatic N) is 2. The number of likely N-dealkylation sites (tertiary alicyclic amines) is 1. The number of aliphatic carboxylic acids is 1. The highest BCUT2D eigenvalue weighted by atomic mass is 19.1. The molecule has 2 aliphatic heterocycles. The third kappa shape index (κ3) is 5.12. The highest BCUT2D eigenvalue weighted by Crippen LogP contribution is 2.44. The lowest BCUT2D eigenvalue weighted by atomic mass is 9.83. The van der Waals surface area contributed by atoms with Crippen LogP contribution in [0.1, 0.15) is 73.1 Å². The Bertz CT molecular complexity index is 1160. The van der Waals surface area contributed by atoms with E-state index in [4.69, 9.17) is 4.74 Å². The molecule has 194 valence electrons. The molecule has 0 saturated carbocycles. The smallest absolute Gasteiger partial charge is 0.337 e. The first-order valence-electron chi connectivity index (χ1n) is 12.7. The van der Waals surface area contributed by atoms with Gasteiger partial charge in [-0.25, -0.2) is 14.0 Å². The molecule has 1 unspecified atom stereocenters. The van der Waals surface area contributed by atoms with E-state index in [0.29, 0.717) is 44.6 Å². The highest BCUT2D eigenvalue weighted by molar-refractivity contribution is 5.85. The number of fused-ring (bicyclic) bond motifs is 1. The molecule has 7 heteroatoms. The van der Waals surface area contributed by atoms with Gasteiger partial charge >= 0.3 is 12.0 Å². The second kappa shape index (κ2) is 9.85. The first kappa shape index (κ1) is 26.1. The number of piperidine rings is 1. The first-order chi connectivity index (χ1) is 16.9. The number of hydrogen-bond acceptors (Lipinski definition) is 3. The summed E-state index contributed by atoms with van der Waals surface area (Å²) in [6.45, 7) is 13.2. The van der Waals surface area contributed by atoms with Crippen molar-refractivity contribution in [2.45, 2.75) is 85.4 Å². The summed E-state index contributed by atoms with van der Waals surface area (Å²) in [6.07, 6.45) is -1.25. The molecule has 2 aliphatic rings. The van der Waals surface area contributed by atoms with E-state index in [0.717, 1.165) is 38.9 Å². The predicted molar refractivity (Wildman–Crippen MR) is 138 cm³/mol. The molecule has 1 fully saturated rings. The number of carboxylic acids is 1. The van der Waals surface area contributed by atoms with Gasteiger partial charge in [0.05, 0.1) is 5.60 Å². The van der Waals surface area contributed by atoms with Crippen LogP contribution in [0.3, 0.4) is 0 Å². The number of rotatable bonds is 4. The van der Waals surface area contributed by atoms with Crippen molar-refractivity contribution in [2.75, 3.05) is 13.1 Å². The number of amides is 2. The van der Waals surface area contributed by atoms with Crippen LogP contribution in [-0.4, -0.2) is 51.8 Å². The Labute approximate surface area is 213 Å². The zero-order valence-electron chi connectivity index (χ0n) is 22.2. The van der Waals surface area contributed by atoms with Crippen LogP contribution in [0.4, 0.5) is 9.18 Å². The van der Waals surface area contributed by atoms with E-state index in [9.17, 15) is 19.1 Å². The van der Waals surface area contributed by atoms with Gasteiger partial charge in [0.2, 0.25) is 0 Å². The number of carbonyl (C=O) groups excluding carboxylic acids is 1. The van der Waals surface area contributed by atoms with Crippen molar-refractivity contribution in [3.8, 4) is 11.1 Å². The van der Waals surface area contributed by atoms with Gasteiger partial charge in [-0.05, 0) is 87.8 Å². The van der Waals surface area contributed by atoms with Crippen molar-refractivity contribution >= 4 is 12.0 Å². The van der Waals surface area contributed by atoms with Crippen LogP contribution in [0.2, 0.25) is 0 Å². The Morgan fingerprint density at radius 2 is 1.53 bits per heavy atom. The maximum Gasteiger partial charge on any atom is 0.337 e. The number of ether oxygens (including phenoxy) is 1. The van der Waals surface area contributed by atoms with Crippen molar-refractivity contribution in [3.63, 3.8) is 0 Å². The Hall–Kier alpha value is -2.93. The standard InChI is InChI=1S/C29H37FN2O4/c1-17-7-9-20(10-8-17)24-18(2)22-15-32(28(35)31-13-11-21(30)12-14-31)16-23(22)19(3)25(24)26(27(33)34)36-29(4,5)6/h7-10,21,26H,11-16H2,1-6H3,(H,33,34). The Morgan fingerprint density at radius 3 is 2.06 bits per heavy atom. The lowest BCUT2D eigenvalue weighted by Gasteiger charge is -2.32. The van der Waals surface area contributed by atoms with Crippen LogP contribution >= 0.6 is 0 Å². The largest absolute Gasteiger partial charge is 0.479 e. The number of hydrogen-bond donors (Lipinski definition) is 1. The predicted octanol–water partition coefficient (Wildman–Crippen LogP) is 6.09. The van der Waals surface area contributed by atoms with Gasteiger partial charge in [0.25, 0.3) is 0 Å². The topological polar surface area (TPSA) is 70.1 Å². The fraction of sp³-hybridized carbons (Fsp3) is 0.517. The van der Waals surface area contributed by atoms with Gasteiger partial charge in [-0.15, -0.1) is 0 Å². The summed E-state index contributed by atoms with van der Waals surface area (Å²) >= 11 is 0. The van der Waals surface area contributed by atoms with E-state index < -0.39 is 23.8 Å². The number of alkyl halides is 1. The molecule has 4 rings (SSSR count). The number of carboxylic acid groups (broad SMARTS) is 1. The van der Waals surface area contributed by atoms with Crippen LogP contribution in [0.15, 0.2) is 24.3 Å². The minimum atomic E-state index is -1.15. The lowest BCUT2D eigenvalue weighted by Crippen LogP contribution is -2.45. The molecule has 0 bridgehead atoms. The molecule has 1 N–H and O–H groups in total. The van der Waals surface area contributed by atoms with Crippen molar-refractivity contribution in [3.05, 3.63) is 57.6 Å². The van der Waals surface area contributed by atoms with Crippen molar-refractivity contribution in [2.24, 2.45) is 0 Å². The molecule has 0 aliphatic carbocycles. The number of benzene rings is 2. The molecular formula is C29H37FN2O4. The first-order valence-corrected chi connectivity index (χ1v) is 12.7. The third-order valence-electron chi connectivity index (χ3n) is 7.28. The lowest BCUT2D eigenvalue weighted by molar-refractivity contribution is -0.160. The zero-order chi connectivity index (χ0) is 26.4. The summed E-state index contributed by atoms with van der Waals surface area (Å²) < 4.78 is 19.8. The molecule has 1 atom stereocenters. The molecule has 0 spiro atoms. The van der Waals surface area contributed by atoms with E-state index in [1.54, 1.807) is 9.80 Å². The molecular weight excluding hydrogens is 459 g/mol. The van der Waals surface area contributed by atoms with Gasteiger partial charge in [-0.3, -0.25) is 0 Å². The van der Waals surface area contributed by atoms with E-state index in [-0.39, 0.29) is 6.03 Å². The Morgan fingerprint density at radius 1 is 0.972 bits per heavy atom. The highest BCUT2D eigenvalue weighted by Gasteiger charge is 2.37. The van der Waals surface area contributed by atoms with Crippen LogP contribution < -0.4 is 0 Å². The molecule has 2 amide bonds. The molecule has 6 nitrogen and oxygen atoms in total. The number of urea groups is 1. The fourth-order valence-corrected chi connectivity index (χ4v) is 5.40. The van der Waals surface area contributed by atoms with E-state index >= 15 is 0 Å². The van der Waals surface area contributed by atoms with Crippen LogP contribution in [0.5, 0.6) is 0 Å². The van der Waals surface area contributed by atoms with E-state index in [1.165, 1.54) is 0 Å². The summed E-state index contributed by atoms with van der Waals surface area (Å²) in [5, 5.41) is 10.3. The van der Waals surface area contributed by atoms with E-state index in [1.807, 2.05) is 65.8 Å². The molecule has 2 aromatic rings. The number of aryl methyl sites for hydroxylation is 1. The van der Waals surface area contributed by atoms with Gasteiger partial charge < -0.3 is 19.6 Å². The van der Waals surface area contributed by atoms with Crippen molar-refractivity contribution in [1.29, 1.82) is 0 Å².